The molecule has 2 N–H and O–H groups in total. The molecule has 0 spiro atoms. The van der Waals surface area contributed by atoms with Gasteiger partial charge in [-0.1, -0.05) is 6.07 Å². The first kappa shape index (κ1) is 21.8. The molecule has 3 aromatic rings. The molecule has 0 aliphatic heterocycles. The number of H-pyrrole nitrogens is 1. The Hall–Kier alpha value is -3.47. The Morgan fingerprint density at radius 3 is 2.59 bits per heavy atom. The Morgan fingerprint density at radius 1 is 1.16 bits per heavy atom. The molecule has 0 saturated heterocycles. The molecule has 0 unspecified atom stereocenters. The maximum absolute atomic E-state index is 13.3. The molecule has 8 heteroatoms. The van der Waals surface area contributed by atoms with Crippen molar-refractivity contribution in [3.8, 4) is 6.07 Å². The maximum atomic E-state index is 13.3. The highest BCUT2D eigenvalue weighted by Crippen LogP contribution is 2.35. The second kappa shape index (κ2) is 8.58. The second-order valence-corrected chi connectivity index (χ2v) is 8.17. The molecule has 1 aromatic heterocycles. The number of fused-ring (bicyclic) bond motifs is 1. The van der Waals surface area contributed by atoms with Crippen molar-refractivity contribution in [3.63, 3.8) is 0 Å². The van der Waals surface area contributed by atoms with Crippen LogP contribution in [0.15, 0.2) is 48.7 Å². The number of amides is 1. The molecule has 1 fully saturated rings. The Kier molecular flexibility index (Phi) is 5.83. The quantitative estimate of drug-likeness (QED) is 0.583. The summed E-state index contributed by atoms with van der Waals surface area (Å²) in [6.07, 6.45) is 0.203. The minimum Gasteiger partial charge on any atom is -0.372 e. The fourth-order valence-corrected chi connectivity index (χ4v) is 4.45. The molecular formula is C24H23F3N4O. The number of nitriles is 1. The molecule has 5 nitrogen and oxygen atoms in total. The Balaban J connectivity index is 1.40. The van der Waals surface area contributed by atoms with Gasteiger partial charge in [0.25, 0.3) is 5.91 Å². The molecule has 1 amide bonds. The van der Waals surface area contributed by atoms with Crippen LogP contribution >= 0.6 is 0 Å². The molecule has 2 aromatic carbocycles. The van der Waals surface area contributed by atoms with Crippen LogP contribution in [0.5, 0.6) is 0 Å². The van der Waals surface area contributed by atoms with Crippen LogP contribution in [0.4, 0.5) is 18.9 Å². The van der Waals surface area contributed by atoms with Crippen LogP contribution < -0.4 is 10.2 Å². The predicted molar refractivity (Wildman–Crippen MR) is 116 cm³/mol. The van der Waals surface area contributed by atoms with E-state index in [0.29, 0.717) is 11.3 Å². The van der Waals surface area contributed by atoms with Crippen molar-refractivity contribution in [3.05, 3.63) is 65.4 Å². The van der Waals surface area contributed by atoms with E-state index < -0.39 is 11.7 Å². The third-order valence-corrected chi connectivity index (χ3v) is 6.26. The van der Waals surface area contributed by atoms with E-state index in [4.69, 9.17) is 5.26 Å². The highest BCUT2D eigenvalue weighted by atomic mass is 19.4. The smallest absolute Gasteiger partial charge is 0.372 e. The number of alkyl halides is 3. The highest BCUT2D eigenvalue weighted by molar-refractivity contribution is 6.06. The van der Waals surface area contributed by atoms with Gasteiger partial charge >= 0.3 is 6.18 Å². The Labute approximate surface area is 183 Å². The monoisotopic (exact) mass is 440 g/mol. The van der Waals surface area contributed by atoms with Crippen molar-refractivity contribution < 1.29 is 18.0 Å². The van der Waals surface area contributed by atoms with Crippen LogP contribution in [0.3, 0.4) is 0 Å². The first-order valence-electron chi connectivity index (χ1n) is 10.5. The van der Waals surface area contributed by atoms with Crippen LogP contribution in [0.1, 0.15) is 47.2 Å². The number of aromatic amines is 1. The van der Waals surface area contributed by atoms with Gasteiger partial charge in [0.15, 0.2) is 0 Å². The normalized spacial score (nSPS) is 18.8. The topological polar surface area (TPSA) is 71.9 Å². The highest BCUT2D eigenvalue weighted by Gasteiger charge is 2.35. The zero-order valence-corrected chi connectivity index (χ0v) is 17.5. The summed E-state index contributed by atoms with van der Waals surface area (Å²) in [6.45, 7) is 0. The molecule has 1 saturated carbocycles. The number of halogens is 3. The molecule has 0 bridgehead atoms. The van der Waals surface area contributed by atoms with Gasteiger partial charge in [0.2, 0.25) is 0 Å². The number of aromatic nitrogens is 1. The summed E-state index contributed by atoms with van der Waals surface area (Å²) in [5.74, 6) is -0.117. The molecule has 4 rings (SSSR count). The van der Waals surface area contributed by atoms with Crippen LogP contribution in [0, 0.1) is 11.3 Å². The van der Waals surface area contributed by atoms with Crippen molar-refractivity contribution >= 4 is 22.5 Å². The first-order valence-corrected chi connectivity index (χ1v) is 10.5. The van der Waals surface area contributed by atoms with E-state index >= 15 is 0 Å². The van der Waals surface area contributed by atoms with Gasteiger partial charge in [0.1, 0.15) is 0 Å². The molecule has 0 atom stereocenters. The molecule has 0 radical (unpaired) electrons. The zero-order chi connectivity index (χ0) is 22.9. The number of benzene rings is 2. The third-order valence-electron chi connectivity index (χ3n) is 6.26. The van der Waals surface area contributed by atoms with E-state index in [1.165, 1.54) is 6.07 Å². The van der Waals surface area contributed by atoms with E-state index in [2.05, 4.69) is 10.3 Å². The minimum absolute atomic E-state index is 0.0213. The van der Waals surface area contributed by atoms with Gasteiger partial charge in [-0.3, -0.25) is 4.79 Å². The average Bonchev–Trinajstić information content (AvgIpc) is 3.27. The van der Waals surface area contributed by atoms with Crippen LogP contribution in [0.25, 0.3) is 10.9 Å². The molecule has 1 aliphatic rings. The van der Waals surface area contributed by atoms with Gasteiger partial charge in [0.05, 0.1) is 17.2 Å². The zero-order valence-electron chi connectivity index (χ0n) is 17.5. The van der Waals surface area contributed by atoms with E-state index in [1.54, 1.807) is 31.4 Å². The summed E-state index contributed by atoms with van der Waals surface area (Å²) >= 11 is 0. The lowest BCUT2D eigenvalue weighted by Crippen LogP contribution is -2.43. The van der Waals surface area contributed by atoms with Crippen molar-refractivity contribution in [2.24, 2.45) is 0 Å². The summed E-state index contributed by atoms with van der Waals surface area (Å²) in [6, 6.07) is 13.0. The van der Waals surface area contributed by atoms with Gasteiger partial charge in [-0.2, -0.15) is 18.4 Å². The largest absolute Gasteiger partial charge is 0.417 e. The summed E-state index contributed by atoms with van der Waals surface area (Å²) in [5.41, 5.74) is 0.676. The molecule has 1 aliphatic carbocycles. The van der Waals surface area contributed by atoms with Crippen LogP contribution in [0.2, 0.25) is 0 Å². The van der Waals surface area contributed by atoms with E-state index in [0.717, 1.165) is 42.7 Å². The molecule has 32 heavy (non-hydrogen) atoms. The number of carbonyl (C=O) groups excluding carboxylic acids is 1. The number of nitrogens with one attached hydrogen (secondary N) is 2. The summed E-state index contributed by atoms with van der Waals surface area (Å²) in [5, 5.41) is 13.0. The second-order valence-electron chi connectivity index (χ2n) is 8.17. The van der Waals surface area contributed by atoms with Crippen molar-refractivity contribution in [2.45, 2.75) is 43.9 Å². The standard InChI is InChI=1S/C24H23F3N4O/c1-31(18-8-5-15(14-28)21(13-18)24(25,26)27)17-9-6-16(7-10-17)30-23(32)20-3-2-4-22-19(20)11-12-29-22/h2-5,8,11-13,16-17,29H,6-7,9-10H2,1H3,(H,30,32). The third kappa shape index (κ3) is 4.28. The number of nitrogens with zero attached hydrogens (tertiary/aromatic N) is 2. The Bertz CT molecular complexity index is 1170. The number of hydrogen-bond donors (Lipinski definition) is 2. The van der Waals surface area contributed by atoms with Gasteiger partial charge in [-0.05, 0) is 62.1 Å². The first-order chi connectivity index (χ1) is 15.3. The summed E-state index contributed by atoms with van der Waals surface area (Å²) in [7, 11) is 1.78. The number of rotatable bonds is 4. The van der Waals surface area contributed by atoms with Crippen molar-refractivity contribution in [1.82, 2.24) is 10.3 Å². The van der Waals surface area contributed by atoms with E-state index in [-0.39, 0.29) is 23.6 Å². The van der Waals surface area contributed by atoms with Gasteiger partial charge < -0.3 is 15.2 Å². The lowest BCUT2D eigenvalue weighted by atomic mass is 9.89. The SMILES string of the molecule is CN(c1ccc(C#N)c(C(F)(F)F)c1)C1CCC(NC(=O)c2cccc3[nH]ccc23)CC1. The summed E-state index contributed by atoms with van der Waals surface area (Å²) in [4.78, 5) is 17.7. The van der Waals surface area contributed by atoms with Gasteiger partial charge in [-0.15, -0.1) is 0 Å². The molecular weight excluding hydrogens is 417 g/mol. The van der Waals surface area contributed by atoms with Gasteiger partial charge in [-0.25, -0.2) is 0 Å². The van der Waals surface area contributed by atoms with Crippen molar-refractivity contribution in [1.29, 1.82) is 5.26 Å². The van der Waals surface area contributed by atoms with E-state index in [9.17, 15) is 18.0 Å². The van der Waals surface area contributed by atoms with Crippen molar-refractivity contribution in [2.75, 3.05) is 11.9 Å². The van der Waals surface area contributed by atoms with Gasteiger partial charge in [0, 0.05) is 47.5 Å². The Morgan fingerprint density at radius 2 is 1.91 bits per heavy atom. The fraction of sp³-hybridized carbons (Fsp3) is 0.333. The number of anilines is 1. The maximum Gasteiger partial charge on any atom is 0.417 e. The lowest BCUT2D eigenvalue weighted by molar-refractivity contribution is -0.137. The molecule has 166 valence electrons. The van der Waals surface area contributed by atoms with E-state index in [1.807, 2.05) is 23.1 Å². The predicted octanol–water partition coefficient (Wildman–Crippen LogP) is 5.24. The average molecular weight is 440 g/mol. The number of carbonyl (C=O) groups is 1. The molecule has 1 heterocycles. The minimum atomic E-state index is -4.58. The van der Waals surface area contributed by atoms with Crippen LogP contribution in [-0.2, 0) is 6.18 Å². The van der Waals surface area contributed by atoms with Crippen LogP contribution in [-0.4, -0.2) is 30.0 Å². The number of hydrogen-bond acceptors (Lipinski definition) is 3. The fourth-order valence-electron chi connectivity index (χ4n) is 4.45. The summed E-state index contributed by atoms with van der Waals surface area (Å²) < 4.78 is 39.9. The lowest BCUT2D eigenvalue weighted by Gasteiger charge is -2.36.